The highest BCUT2D eigenvalue weighted by molar-refractivity contribution is 7.88. The van der Waals surface area contributed by atoms with Gasteiger partial charge in [0.15, 0.2) is 0 Å². The Morgan fingerprint density at radius 1 is 1.25 bits per heavy atom. The van der Waals surface area contributed by atoms with E-state index < -0.39 is 10.0 Å². The van der Waals surface area contributed by atoms with Crippen LogP contribution in [0, 0.1) is 20.8 Å². The first-order chi connectivity index (χ1) is 9.14. The predicted molar refractivity (Wildman–Crippen MR) is 77.3 cm³/mol. The van der Waals surface area contributed by atoms with Gasteiger partial charge in [0.25, 0.3) is 5.91 Å². The number of nitrogens with one attached hydrogen (secondary N) is 1. The van der Waals surface area contributed by atoms with Crippen LogP contribution in [0.25, 0.3) is 0 Å². The van der Waals surface area contributed by atoms with Crippen molar-refractivity contribution in [1.82, 2.24) is 9.62 Å². The Balaban J connectivity index is 2.49. The van der Waals surface area contributed by atoms with Gasteiger partial charge in [0.05, 0.1) is 11.8 Å². The van der Waals surface area contributed by atoms with Crippen LogP contribution in [0.1, 0.15) is 33.9 Å². The van der Waals surface area contributed by atoms with Crippen molar-refractivity contribution in [2.45, 2.75) is 27.2 Å². The predicted octanol–water partition coefficient (Wildman–Crippen LogP) is 1.22. The number of hydrogen-bond acceptors (Lipinski definition) is 4. The lowest BCUT2D eigenvalue weighted by molar-refractivity contribution is 0.0951. The second-order valence-electron chi connectivity index (χ2n) is 4.91. The quantitative estimate of drug-likeness (QED) is 0.801. The van der Waals surface area contributed by atoms with Crippen LogP contribution >= 0.6 is 0 Å². The van der Waals surface area contributed by atoms with Crippen molar-refractivity contribution in [2.24, 2.45) is 0 Å². The fourth-order valence-corrected chi connectivity index (χ4v) is 2.35. The molecule has 7 heteroatoms. The molecular formula is C13H22N2O4S. The van der Waals surface area contributed by atoms with Gasteiger partial charge in [-0.15, -0.1) is 0 Å². The normalized spacial score (nSPS) is 11.9. The molecule has 1 rings (SSSR count). The molecular weight excluding hydrogens is 280 g/mol. The minimum Gasteiger partial charge on any atom is -0.466 e. The van der Waals surface area contributed by atoms with Gasteiger partial charge in [-0.1, -0.05) is 0 Å². The number of carbonyl (C=O) groups excluding carboxylic acids is 1. The number of carbonyl (C=O) groups is 1. The average molecular weight is 302 g/mol. The van der Waals surface area contributed by atoms with Crippen LogP contribution in [0.3, 0.4) is 0 Å². The number of hydrogen-bond donors (Lipinski definition) is 1. The molecule has 0 saturated heterocycles. The summed E-state index contributed by atoms with van der Waals surface area (Å²) in [5, 5.41) is 2.78. The number of furan rings is 1. The van der Waals surface area contributed by atoms with Crippen molar-refractivity contribution in [3.8, 4) is 0 Å². The van der Waals surface area contributed by atoms with E-state index in [1.54, 1.807) is 6.92 Å². The van der Waals surface area contributed by atoms with Crippen LogP contribution < -0.4 is 5.32 Å². The molecule has 20 heavy (non-hydrogen) atoms. The van der Waals surface area contributed by atoms with Gasteiger partial charge in [0, 0.05) is 25.7 Å². The summed E-state index contributed by atoms with van der Waals surface area (Å²) < 4.78 is 29.1. The maximum absolute atomic E-state index is 12.0. The monoisotopic (exact) mass is 302 g/mol. The summed E-state index contributed by atoms with van der Waals surface area (Å²) in [7, 11) is -1.64. The molecule has 0 radical (unpaired) electrons. The lowest BCUT2D eigenvalue weighted by Crippen LogP contribution is -2.31. The third-order valence-electron chi connectivity index (χ3n) is 3.29. The van der Waals surface area contributed by atoms with Crippen LogP contribution in [0.4, 0.5) is 0 Å². The van der Waals surface area contributed by atoms with E-state index in [9.17, 15) is 13.2 Å². The first-order valence-electron chi connectivity index (χ1n) is 6.40. The molecule has 0 aliphatic carbocycles. The highest BCUT2D eigenvalue weighted by atomic mass is 32.2. The molecule has 1 N–H and O–H groups in total. The van der Waals surface area contributed by atoms with Crippen LogP contribution in [0.5, 0.6) is 0 Å². The molecule has 0 atom stereocenters. The van der Waals surface area contributed by atoms with Gasteiger partial charge in [-0.25, -0.2) is 12.7 Å². The van der Waals surface area contributed by atoms with Gasteiger partial charge in [-0.05, 0) is 27.2 Å². The zero-order chi connectivity index (χ0) is 15.5. The van der Waals surface area contributed by atoms with E-state index >= 15 is 0 Å². The standard InChI is InChI=1S/C13H22N2O4S/c1-9-10(2)19-11(3)12(9)13(16)14-7-6-8-15(4)20(5,17)18/h6-8H2,1-5H3,(H,14,16). The third kappa shape index (κ3) is 4.08. The van der Waals surface area contributed by atoms with Crippen LogP contribution in [0.2, 0.25) is 0 Å². The Hall–Kier alpha value is -1.34. The first kappa shape index (κ1) is 16.7. The summed E-state index contributed by atoms with van der Waals surface area (Å²) in [5.74, 6) is 1.16. The number of rotatable bonds is 6. The fraction of sp³-hybridized carbons (Fsp3) is 0.615. The van der Waals surface area contributed by atoms with Crippen LogP contribution in [0.15, 0.2) is 4.42 Å². The smallest absolute Gasteiger partial charge is 0.255 e. The van der Waals surface area contributed by atoms with E-state index in [-0.39, 0.29) is 5.91 Å². The van der Waals surface area contributed by atoms with Crippen molar-refractivity contribution >= 4 is 15.9 Å². The zero-order valence-electron chi connectivity index (χ0n) is 12.6. The SMILES string of the molecule is Cc1oc(C)c(C(=O)NCCCN(C)S(C)(=O)=O)c1C. The minimum absolute atomic E-state index is 0.182. The maximum Gasteiger partial charge on any atom is 0.255 e. The molecule has 114 valence electrons. The fourth-order valence-electron chi connectivity index (χ4n) is 1.89. The van der Waals surface area contributed by atoms with Gasteiger partial charge in [0.1, 0.15) is 11.5 Å². The number of aryl methyl sites for hydroxylation is 2. The van der Waals surface area contributed by atoms with Crippen LogP contribution in [-0.2, 0) is 10.0 Å². The maximum atomic E-state index is 12.0. The first-order valence-corrected chi connectivity index (χ1v) is 8.25. The van der Waals surface area contributed by atoms with Gasteiger partial charge in [-0.2, -0.15) is 0 Å². The summed E-state index contributed by atoms with van der Waals surface area (Å²) in [6, 6.07) is 0. The highest BCUT2D eigenvalue weighted by Crippen LogP contribution is 2.20. The third-order valence-corrected chi connectivity index (χ3v) is 4.60. The van der Waals surface area contributed by atoms with Crippen molar-refractivity contribution < 1.29 is 17.6 Å². The van der Waals surface area contributed by atoms with E-state index in [0.717, 1.165) is 17.6 Å². The molecule has 0 bridgehead atoms. The molecule has 0 aliphatic rings. The number of sulfonamides is 1. The molecule has 0 saturated carbocycles. The van der Waals surface area contributed by atoms with Crippen molar-refractivity contribution in [2.75, 3.05) is 26.4 Å². The topological polar surface area (TPSA) is 79.6 Å². The second-order valence-corrected chi connectivity index (χ2v) is 7.00. The van der Waals surface area contributed by atoms with E-state index in [4.69, 9.17) is 4.42 Å². The number of nitrogens with zero attached hydrogens (tertiary/aromatic N) is 1. The Kier molecular flexibility index (Phi) is 5.35. The van der Waals surface area contributed by atoms with E-state index in [2.05, 4.69) is 5.32 Å². The van der Waals surface area contributed by atoms with Gasteiger partial charge in [-0.3, -0.25) is 4.79 Å². The molecule has 0 aliphatic heterocycles. The van der Waals surface area contributed by atoms with E-state index in [0.29, 0.717) is 30.8 Å². The summed E-state index contributed by atoms with van der Waals surface area (Å²) in [6.07, 6.45) is 1.72. The van der Waals surface area contributed by atoms with Gasteiger partial charge in [0.2, 0.25) is 10.0 Å². The lowest BCUT2D eigenvalue weighted by Gasteiger charge is -2.13. The summed E-state index contributed by atoms with van der Waals surface area (Å²) >= 11 is 0. The lowest BCUT2D eigenvalue weighted by atomic mass is 10.1. The van der Waals surface area contributed by atoms with E-state index in [1.165, 1.54) is 11.4 Å². The summed E-state index contributed by atoms with van der Waals surface area (Å²) in [6.45, 7) is 6.22. The second kappa shape index (κ2) is 6.41. The molecule has 0 fully saturated rings. The molecule has 0 spiro atoms. The average Bonchev–Trinajstić information content (AvgIpc) is 2.57. The highest BCUT2D eigenvalue weighted by Gasteiger charge is 2.18. The molecule has 1 amide bonds. The molecule has 0 unspecified atom stereocenters. The van der Waals surface area contributed by atoms with Crippen molar-refractivity contribution in [3.63, 3.8) is 0 Å². The van der Waals surface area contributed by atoms with Crippen LogP contribution in [-0.4, -0.2) is 45.0 Å². The van der Waals surface area contributed by atoms with E-state index in [1.807, 2.05) is 13.8 Å². The molecule has 0 aromatic carbocycles. The Morgan fingerprint density at radius 3 is 2.30 bits per heavy atom. The Bertz CT molecular complexity index is 590. The van der Waals surface area contributed by atoms with Gasteiger partial charge < -0.3 is 9.73 Å². The molecule has 1 aromatic heterocycles. The largest absolute Gasteiger partial charge is 0.466 e. The van der Waals surface area contributed by atoms with Crippen molar-refractivity contribution in [3.05, 3.63) is 22.6 Å². The number of amides is 1. The van der Waals surface area contributed by atoms with Crippen molar-refractivity contribution in [1.29, 1.82) is 0 Å². The molecule has 1 heterocycles. The molecule has 1 aromatic rings. The Labute approximate surface area is 120 Å². The Morgan fingerprint density at radius 2 is 1.85 bits per heavy atom. The minimum atomic E-state index is -3.16. The summed E-state index contributed by atoms with van der Waals surface area (Å²) in [5.41, 5.74) is 1.41. The van der Waals surface area contributed by atoms with Gasteiger partial charge >= 0.3 is 0 Å². The molecule has 6 nitrogen and oxygen atoms in total. The summed E-state index contributed by atoms with van der Waals surface area (Å²) in [4.78, 5) is 12.0. The zero-order valence-corrected chi connectivity index (χ0v) is 13.4.